The topological polar surface area (TPSA) is 30.7 Å². The Labute approximate surface area is 194 Å². The van der Waals surface area contributed by atoms with Crippen molar-refractivity contribution in [2.75, 3.05) is 27.2 Å². The van der Waals surface area contributed by atoms with Gasteiger partial charge in [0.25, 0.3) is 0 Å². The van der Waals surface area contributed by atoms with E-state index in [2.05, 4.69) is 66.1 Å². The number of unbranched alkanes of at least 4 members (excludes halogenated alkanes) is 6. The lowest BCUT2D eigenvalue weighted by atomic mass is 9.96. The number of hydrogen-bond acceptors (Lipinski definition) is 2. The van der Waals surface area contributed by atoms with Gasteiger partial charge in [0.05, 0.1) is 27.2 Å². The molecule has 0 bridgehead atoms. The van der Waals surface area contributed by atoms with Crippen LogP contribution in [0.2, 0.25) is 0 Å². The van der Waals surface area contributed by atoms with Gasteiger partial charge in [-0.2, -0.15) is 0 Å². The Balaban J connectivity index is 0.000000929. The van der Waals surface area contributed by atoms with Crippen molar-refractivity contribution in [3.63, 3.8) is 0 Å². The zero-order chi connectivity index (χ0) is 23.3. The SMILES string of the molecule is CCCCCCC(CCCC)COC(=O)CCCCC[NH+](C)C.Cc1ccc(C)cc1. The molecule has 1 atom stereocenters. The van der Waals surface area contributed by atoms with Gasteiger partial charge in [-0.25, -0.2) is 0 Å². The Bertz CT molecular complexity index is 503. The average molecular weight is 435 g/mol. The number of esters is 1. The highest BCUT2D eigenvalue weighted by molar-refractivity contribution is 5.69. The summed E-state index contributed by atoms with van der Waals surface area (Å²) in [7, 11) is 4.34. The van der Waals surface area contributed by atoms with Crippen LogP contribution in [0.25, 0.3) is 0 Å². The summed E-state index contributed by atoms with van der Waals surface area (Å²) >= 11 is 0. The summed E-state index contributed by atoms with van der Waals surface area (Å²) in [5.41, 5.74) is 2.66. The molecule has 0 amide bonds. The van der Waals surface area contributed by atoms with Gasteiger partial charge in [0.15, 0.2) is 0 Å². The van der Waals surface area contributed by atoms with Gasteiger partial charge in [0, 0.05) is 6.42 Å². The summed E-state index contributed by atoms with van der Waals surface area (Å²) in [4.78, 5) is 13.3. The lowest BCUT2D eigenvalue weighted by Crippen LogP contribution is -3.05. The van der Waals surface area contributed by atoms with E-state index < -0.39 is 0 Å². The average Bonchev–Trinajstić information content (AvgIpc) is 2.74. The lowest BCUT2D eigenvalue weighted by molar-refractivity contribution is -0.858. The third-order valence-corrected chi connectivity index (χ3v) is 5.69. The van der Waals surface area contributed by atoms with E-state index in [0.717, 1.165) is 12.8 Å². The van der Waals surface area contributed by atoms with Crippen LogP contribution < -0.4 is 4.90 Å². The molecule has 3 nitrogen and oxygen atoms in total. The maximum atomic E-state index is 11.9. The minimum absolute atomic E-state index is 0.0113. The third-order valence-electron chi connectivity index (χ3n) is 5.69. The smallest absolute Gasteiger partial charge is 0.305 e. The number of carbonyl (C=O) groups excluding carboxylic acids is 1. The first-order valence-electron chi connectivity index (χ1n) is 12.9. The molecule has 180 valence electrons. The van der Waals surface area contributed by atoms with Crippen molar-refractivity contribution in [1.29, 1.82) is 0 Å². The highest BCUT2D eigenvalue weighted by atomic mass is 16.5. The third kappa shape index (κ3) is 20.3. The molecular weight excluding hydrogens is 382 g/mol. The monoisotopic (exact) mass is 434 g/mol. The fraction of sp³-hybridized carbons (Fsp3) is 0.750. The van der Waals surface area contributed by atoms with Gasteiger partial charge in [0.2, 0.25) is 0 Å². The molecule has 0 aromatic heterocycles. The molecule has 1 unspecified atom stereocenters. The van der Waals surface area contributed by atoms with Crippen LogP contribution in [0.3, 0.4) is 0 Å². The standard InChI is InChI=1S/C20H41NO2.C8H10/c1-5-7-9-11-15-19(14-8-6-2)18-23-20(22)16-12-10-13-17-21(3)4;1-7-3-5-8(2)6-4-7/h19H,5-18H2,1-4H3;3-6H,1-2H3/p+1. The first-order valence-corrected chi connectivity index (χ1v) is 12.9. The van der Waals surface area contributed by atoms with E-state index in [1.54, 1.807) is 0 Å². The fourth-order valence-electron chi connectivity index (χ4n) is 3.51. The van der Waals surface area contributed by atoms with E-state index in [1.165, 1.54) is 80.4 Å². The van der Waals surface area contributed by atoms with Crippen LogP contribution in [0, 0.1) is 19.8 Å². The van der Waals surface area contributed by atoms with Gasteiger partial charge >= 0.3 is 5.97 Å². The van der Waals surface area contributed by atoms with Crippen molar-refractivity contribution < 1.29 is 14.4 Å². The van der Waals surface area contributed by atoms with Crippen molar-refractivity contribution in [3.8, 4) is 0 Å². The van der Waals surface area contributed by atoms with E-state index in [9.17, 15) is 4.79 Å². The second-order valence-corrected chi connectivity index (χ2v) is 9.46. The predicted octanol–water partition coefficient (Wildman–Crippen LogP) is 6.31. The molecule has 0 aliphatic rings. The maximum absolute atomic E-state index is 11.9. The summed E-state index contributed by atoms with van der Waals surface area (Å²) in [5, 5.41) is 0. The first kappa shape index (κ1) is 29.7. The Kier molecular flexibility index (Phi) is 19.7. The van der Waals surface area contributed by atoms with Gasteiger partial charge in [-0.3, -0.25) is 4.79 Å². The minimum Gasteiger partial charge on any atom is -0.465 e. The molecule has 0 fully saturated rings. The van der Waals surface area contributed by atoms with Gasteiger partial charge in [-0.15, -0.1) is 0 Å². The predicted molar refractivity (Wildman–Crippen MR) is 135 cm³/mol. The Hall–Kier alpha value is -1.35. The van der Waals surface area contributed by atoms with Crippen LogP contribution in [0.5, 0.6) is 0 Å². The molecule has 1 rings (SSSR count). The van der Waals surface area contributed by atoms with Gasteiger partial charge in [0.1, 0.15) is 0 Å². The molecule has 3 heteroatoms. The number of rotatable bonds is 16. The summed E-state index contributed by atoms with van der Waals surface area (Å²) in [5.74, 6) is 0.588. The van der Waals surface area contributed by atoms with Crippen LogP contribution >= 0.6 is 0 Å². The summed E-state index contributed by atoms with van der Waals surface area (Å²) in [6.45, 7) is 10.5. The quantitative estimate of drug-likeness (QED) is 0.244. The molecule has 1 aromatic rings. The van der Waals surface area contributed by atoms with E-state index in [-0.39, 0.29) is 5.97 Å². The highest BCUT2D eigenvalue weighted by Gasteiger charge is 2.12. The number of quaternary nitrogens is 1. The molecule has 31 heavy (non-hydrogen) atoms. The first-order chi connectivity index (χ1) is 14.9. The van der Waals surface area contributed by atoms with Crippen molar-refractivity contribution >= 4 is 5.97 Å². The van der Waals surface area contributed by atoms with Crippen molar-refractivity contribution in [2.45, 2.75) is 105 Å². The largest absolute Gasteiger partial charge is 0.465 e. The second-order valence-electron chi connectivity index (χ2n) is 9.46. The Morgan fingerprint density at radius 3 is 1.90 bits per heavy atom. The molecule has 0 spiro atoms. The van der Waals surface area contributed by atoms with Crippen LogP contribution in [-0.2, 0) is 9.53 Å². The molecule has 0 aliphatic carbocycles. The Morgan fingerprint density at radius 2 is 1.35 bits per heavy atom. The van der Waals surface area contributed by atoms with E-state index in [1.807, 2.05) is 0 Å². The summed E-state index contributed by atoms with van der Waals surface area (Å²) < 4.78 is 5.54. The highest BCUT2D eigenvalue weighted by Crippen LogP contribution is 2.18. The van der Waals surface area contributed by atoms with E-state index in [0.29, 0.717) is 18.9 Å². The maximum Gasteiger partial charge on any atom is 0.305 e. The summed E-state index contributed by atoms with van der Waals surface area (Å²) in [6, 6.07) is 8.48. The van der Waals surface area contributed by atoms with Crippen LogP contribution in [0.1, 0.15) is 102 Å². The fourth-order valence-corrected chi connectivity index (χ4v) is 3.51. The molecule has 0 saturated heterocycles. The van der Waals surface area contributed by atoms with Crippen molar-refractivity contribution in [2.24, 2.45) is 5.92 Å². The zero-order valence-electron chi connectivity index (χ0n) is 21.6. The van der Waals surface area contributed by atoms with E-state index >= 15 is 0 Å². The number of aryl methyl sites for hydroxylation is 2. The molecule has 0 saturated carbocycles. The normalized spacial score (nSPS) is 11.7. The molecular formula is C28H52NO2+. The zero-order valence-corrected chi connectivity index (χ0v) is 21.6. The van der Waals surface area contributed by atoms with Gasteiger partial charge < -0.3 is 9.64 Å². The molecule has 0 heterocycles. The summed E-state index contributed by atoms with van der Waals surface area (Å²) in [6.07, 6.45) is 14.0. The van der Waals surface area contributed by atoms with Gasteiger partial charge in [-0.1, -0.05) is 87.8 Å². The van der Waals surface area contributed by atoms with Crippen LogP contribution in [-0.4, -0.2) is 33.2 Å². The van der Waals surface area contributed by atoms with Gasteiger partial charge in [-0.05, 0) is 51.9 Å². The van der Waals surface area contributed by atoms with Crippen LogP contribution in [0.15, 0.2) is 24.3 Å². The van der Waals surface area contributed by atoms with Crippen LogP contribution in [0.4, 0.5) is 0 Å². The number of ether oxygens (including phenoxy) is 1. The lowest BCUT2D eigenvalue weighted by Gasteiger charge is -2.16. The van der Waals surface area contributed by atoms with E-state index in [4.69, 9.17) is 4.74 Å². The number of nitrogens with one attached hydrogen (secondary N) is 1. The molecule has 1 aromatic carbocycles. The van der Waals surface area contributed by atoms with Crippen molar-refractivity contribution in [3.05, 3.63) is 35.4 Å². The Morgan fingerprint density at radius 1 is 0.806 bits per heavy atom. The van der Waals surface area contributed by atoms with Crippen molar-refractivity contribution in [1.82, 2.24) is 0 Å². The number of hydrogen-bond donors (Lipinski definition) is 1. The second kappa shape index (κ2) is 20.5. The number of carbonyl (C=O) groups is 1. The molecule has 0 radical (unpaired) electrons. The molecule has 0 aliphatic heterocycles. The minimum atomic E-state index is 0.0113. The molecule has 1 N–H and O–H groups in total. The number of benzene rings is 1.